The zero-order valence-corrected chi connectivity index (χ0v) is 19.8. The summed E-state index contributed by atoms with van der Waals surface area (Å²) in [6, 6.07) is 12.7. The second-order valence-electron chi connectivity index (χ2n) is 7.87. The second kappa shape index (κ2) is 9.04. The average Bonchev–Trinajstić information content (AvgIpc) is 3.40. The van der Waals surface area contributed by atoms with Crippen LogP contribution >= 0.6 is 11.3 Å². The maximum atomic E-state index is 13.8. The van der Waals surface area contributed by atoms with Gasteiger partial charge in [0.15, 0.2) is 16.6 Å². The van der Waals surface area contributed by atoms with E-state index in [0.29, 0.717) is 21.5 Å². The number of halogens is 2. The smallest absolute Gasteiger partial charge is 0.301 e. The summed E-state index contributed by atoms with van der Waals surface area (Å²) in [7, 11) is 2.85. The number of hydrogen-bond acceptors (Lipinski definition) is 7. The Morgan fingerprint density at radius 1 is 1.00 bits per heavy atom. The highest BCUT2D eigenvalue weighted by atomic mass is 32.1. The molecule has 0 bridgehead atoms. The number of para-hydroxylation sites is 1. The summed E-state index contributed by atoms with van der Waals surface area (Å²) in [5.41, 5.74) is 0.703. The number of ketones is 1. The Morgan fingerprint density at radius 2 is 1.72 bits per heavy atom. The summed E-state index contributed by atoms with van der Waals surface area (Å²) in [6.45, 7) is 0. The van der Waals surface area contributed by atoms with Gasteiger partial charge in [-0.05, 0) is 48.5 Å². The van der Waals surface area contributed by atoms with Crippen LogP contribution in [0.15, 0.2) is 66.2 Å². The minimum Gasteiger partial charge on any atom is -0.507 e. The maximum absolute atomic E-state index is 13.8. The Hall–Kier alpha value is -4.31. The number of carbonyl (C=O) groups is 2. The van der Waals surface area contributed by atoms with Crippen LogP contribution < -0.4 is 14.4 Å². The molecule has 5 rings (SSSR count). The van der Waals surface area contributed by atoms with Crippen molar-refractivity contribution in [3.8, 4) is 11.5 Å². The first kappa shape index (κ1) is 23.4. The van der Waals surface area contributed by atoms with Gasteiger partial charge in [-0.25, -0.2) is 13.8 Å². The van der Waals surface area contributed by atoms with Gasteiger partial charge < -0.3 is 14.6 Å². The number of rotatable bonds is 5. The highest BCUT2D eigenvalue weighted by molar-refractivity contribution is 7.22. The van der Waals surface area contributed by atoms with E-state index in [1.165, 1.54) is 44.6 Å². The number of ether oxygens (including phenoxy) is 2. The van der Waals surface area contributed by atoms with E-state index in [2.05, 4.69) is 4.98 Å². The van der Waals surface area contributed by atoms with Crippen LogP contribution in [0.4, 0.5) is 13.9 Å². The summed E-state index contributed by atoms with van der Waals surface area (Å²) < 4.78 is 38.8. The van der Waals surface area contributed by atoms with Crippen LogP contribution in [-0.4, -0.2) is 36.0 Å². The summed E-state index contributed by atoms with van der Waals surface area (Å²) >= 11 is 1.02. The van der Waals surface area contributed by atoms with Gasteiger partial charge in [-0.2, -0.15) is 0 Å². The number of aliphatic hydroxyl groups excluding tert-OH is 1. The first-order valence-electron chi connectivity index (χ1n) is 10.7. The van der Waals surface area contributed by atoms with E-state index >= 15 is 0 Å². The van der Waals surface area contributed by atoms with Gasteiger partial charge in [-0.1, -0.05) is 23.5 Å². The fourth-order valence-electron chi connectivity index (χ4n) is 4.20. The molecule has 0 spiro atoms. The minimum absolute atomic E-state index is 0.130. The number of benzene rings is 3. The molecule has 1 N–H and O–H groups in total. The lowest BCUT2D eigenvalue weighted by molar-refractivity contribution is -0.132. The third-order valence-electron chi connectivity index (χ3n) is 5.84. The normalized spacial score (nSPS) is 17.1. The highest BCUT2D eigenvalue weighted by Crippen LogP contribution is 2.48. The van der Waals surface area contributed by atoms with E-state index < -0.39 is 35.1 Å². The number of amides is 1. The van der Waals surface area contributed by atoms with E-state index in [1.807, 2.05) is 0 Å². The lowest BCUT2D eigenvalue weighted by Crippen LogP contribution is -2.29. The molecule has 1 fully saturated rings. The first-order valence-corrected chi connectivity index (χ1v) is 11.5. The molecule has 1 aliphatic rings. The van der Waals surface area contributed by atoms with Gasteiger partial charge in [-0.3, -0.25) is 14.5 Å². The molecule has 36 heavy (non-hydrogen) atoms. The topological polar surface area (TPSA) is 89.0 Å². The summed E-state index contributed by atoms with van der Waals surface area (Å²) in [5.74, 6) is -2.80. The minimum atomic E-state index is -1.16. The fraction of sp³-hybridized carbons (Fsp3) is 0.115. The van der Waals surface area contributed by atoms with Crippen molar-refractivity contribution < 1.29 is 33.0 Å². The summed E-state index contributed by atoms with van der Waals surface area (Å²) in [4.78, 5) is 32.3. The standard InChI is InChI=1S/C26H18F2N2O5S/c1-34-18-5-3-4-16(24(18)35-2)21-20(22(31)13-6-8-14(27)9-7-13)23(32)25(33)30(21)26-29-17-11-10-15(28)12-19(17)36-26/h3-12,21,31H,1-2H3. The monoisotopic (exact) mass is 508 g/mol. The Morgan fingerprint density at radius 3 is 2.42 bits per heavy atom. The van der Waals surface area contributed by atoms with E-state index in [-0.39, 0.29) is 22.0 Å². The Bertz CT molecular complexity index is 1550. The molecule has 1 saturated heterocycles. The zero-order valence-electron chi connectivity index (χ0n) is 19.0. The molecule has 4 aromatic rings. The molecule has 182 valence electrons. The number of aliphatic hydroxyl groups is 1. The number of fused-ring (bicyclic) bond motifs is 1. The van der Waals surface area contributed by atoms with Gasteiger partial charge >= 0.3 is 5.91 Å². The van der Waals surface area contributed by atoms with Gasteiger partial charge in [0, 0.05) is 11.1 Å². The van der Waals surface area contributed by atoms with Crippen molar-refractivity contribution in [2.24, 2.45) is 0 Å². The van der Waals surface area contributed by atoms with E-state index in [9.17, 15) is 23.5 Å². The van der Waals surface area contributed by atoms with Crippen LogP contribution in [-0.2, 0) is 9.59 Å². The molecule has 0 radical (unpaired) electrons. The van der Waals surface area contributed by atoms with Crippen LogP contribution in [0.3, 0.4) is 0 Å². The Balaban J connectivity index is 1.79. The molecule has 10 heteroatoms. The fourth-order valence-corrected chi connectivity index (χ4v) is 5.22. The number of hydrogen-bond donors (Lipinski definition) is 1. The third-order valence-corrected chi connectivity index (χ3v) is 6.85. The van der Waals surface area contributed by atoms with Gasteiger partial charge in [0.05, 0.1) is 30.0 Å². The second-order valence-corrected chi connectivity index (χ2v) is 8.88. The number of aromatic nitrogens is 1. The quantitative estimate of drug-likeness (QED) is 0.226. The highest BCUT2D eigenvalue weighted by Gasteiger charge is 2.49. The number of thiazole rings is 1. The molecular formula is C26H18F2N2O5S. The van der Waals surface area contributed by atoms with Crippen LogP contribution in [0.25, 0.3) is 16.0 Å². The molecule has 1 aromatic heterocycles. The molecule has 2 heterocycles. The molecule has 0 aliphatic carbocycles. The maximum Gasteiger partial charge on any atom is 0.301 e. The average molecular weight is 509 g/mol. The summed E-state index contributed by atoms with van der Waals surface area (Å²) in [5, 5.41) is 11.3. The lowest BCUT2D eigenvalue weighted by atomic mass is 9.94. The molecule has 1 amide bonds. The third kappa shape index (κ3) is 3.75. The predicted molar refractivity (Wildman–Crippen MR) is 130 cm³/mol. The lowest BCUT2D eigenvalue weighted by Gasteiger charge is -2.25. The molecule has 0 saturated carbocycles. The molecule has 1 aliphatic heterocycles. The van der Waals surface area contributed by atoms with E-state index in [1.54, 1.807) is 18.2 Å². The number of methoxy groups -OCH3 is 2. The van der Waals surface area contributed by atoms with Crippen LogP contribution in [0, 0.1) is 11.6 Å². The Kier molecular flexibility index (Phi) is 5.89. The molecule has 1 unspecified atom stereocenters. The van der Waals surface area contributed by atoms with Gasteiger partial charge in [-0.15, -0.1) is 0 Å². The zero-order chi connectivity index (χ0) is 25.6. The van der Waals surface area contributed by atoms with Gasteiger partial charge in [0.2, 0.25) is 0 Å². The molecule has 1 atom stereocenters. The van der Waals surface area contributed by atoms with Gasteiger partial charge in [0.25, 0.3) is 5.78 Å². The number of carbonyl (C=O) groups excluding carboxylic acids is 2. The van der Waals surface area contributed by atoms with Gasteiger partial charge in [0.1, 0.15) is 23.4 Å². The molecule has 7 nitrogen and oxygen atoms in total. The van der Waals surface area contributed by atoms with Crippen LogP contribution in [0.5, 0.6) is 11.5 Å². The van der Waals surface area contributed by atoms with Crippen molar-refractivity contribution in [3.05, 3.63) is 89.0 Å². The number of nitrogens with zero attached hydrogens (tertiary/aromatic N) is 2. The number of Topliss-reactive ketones (excluding diaryl/α,β-unsaturated/α-hetero) is 1. The van der Waals surface area contributed by atoms with E-state index in [4.69, 9.17) is 9.47 Å². The molecule has 3 aromatic carbocycles. The van der Waals surface area contributed by atoms with E-state index in [0.717, 1.165) is 28.4 Å². The van der Waals surface area contributed by atoms with Crippen molar-refractivity contribution in [1.29, 1.82) is 0 Å². The number of anilines is 1. The van der Waals surface area contributed by atoms with Crippen molar-refractivity contribution in [3.63, 3.8) is 0 Å². The van der Waals surface area contributed by atoms with Crippen LogP contribution in [0.2, 0.25) is 0 Å². The van der Waals surface area contributed by atoms with Crippen LogP contribution in [0.1, 0.15) is 17.2 Å². The van der Waals surface area contributed by atoms with Crippen molar-refractivity contribution in [1.82, 2.24) is 4.98 Å². The first-order chi connectivity index (χ1) is 17.3. The molecular weight excluding hydrogens is 490 g/mol. The SMILES string of the molecule is COc1cccc(C2C(=C(O)c3ccc(F)cc3)C(=O)C(=O)N2c2nc3ccc(F)cc3s2)c1OC. The largest absolute Gasteiger partial charge is 0.507 e. The van der Waals surface area contributed by atoms with Crippen molar-refractivity contribution in [2.75, 3.05) is 19.1 Å². The van der Waals surface area contributed by atoms with Crippen molar-refractivity contribution >= 4 is 44.1 Å². The summed E-state index contributed by atoms with van der Waals surface area (Å²) in [6.07, 6.45) is 0. The Labute approximate surface area is 207 Å². The van der Waals surface area contributed by atoms with Crippen molar-refractivity contribution in [2.45, 2.75) is 6.04 Å². The predicted octanol–water partition coefficient (Wildman–Crippen LogP) is 5.22.